The SMILES string of the molecule is O=C(Cn1cc(NC(=O)c2ccco2)cn1)NCc1csc(Cc2ccccc2)n1. The van der Waals surface area contributed by atoms with Crippen LogP contribution in [-0.4, -0.2) is 26.6 Å². The number of aromatic nitrogens is 3. The van der Waals surface area contributed by atoms with Crippen LogP contribution < -0.4 is 10.6 Å². The first-order valence-electron chi connectivity index (χ1n) is 9.27. The molecular weight excluding hydrogens is 402 g/mol. The van der Waals surface area contributed by atoms with E-state index in [1.807, 2.05) is 23.6 Å². The summed E-state index contributed by atoms with van der Waals surface area (Å²) in [4.78, 5) is 28.7. The highest BCUT2D eigenvalue weighted by Gasteiger charge is 2.11. The van der Waals surface area contributed by atoms with Gasteiger partial charge in [0.05, 0.1) is 35.4 Å². The van der Waals surface area contributed by atoms with Crippen LogP contribution in [0.2, 0.25) is 0 Å². The molecule has 4 aromatic rings. The van der Waals surface area contributed by atoms with Gasteiger partial charge in [0.2, 0.25) is 5.91 Å². The maximum atomic E-state index is 12.2. The molecule has 0 aliphatic carbocycles. The highest BCUT2D eigenvalue weighted by molar-refractivity contribution is 7.09. The third-order valence-corrected chi connectivity index (χ3v) is 5.10. The second-order valence-electron chi connectivity index (χ2n) is 6.53. The van der Waals surface area contributed by atoms with Gasteiger partial charge in [0.1, 0.15) is 6.54 Å². The topological polar surface area (TPSA) is 102 Å². The Hall–Kier alpha value is -3.72. The van der Waals surface area contributed by atoms with E-state index >= 15 is 0 Å². The van der Waals surface area contributed by atoms with E-state index in [2.05, 4.69) is 32.8 Å². The van der Waals surface area contributed by atoms with Gasteiger partial charge in [-0.2, -0.15) is 5.10 Å². The molecule has 9 heteroatoms. The van der Waals surface area contributed by atoms with Crippen molar-refractivity contribution in [2.24, 2.45) is 0 Å². The minimum atomic E-state index is -0.376. The molecule has 0 saturated heterocycles. The lowest BCUT2D eigenvalue weighted by atomic mass is 10.2. The first kappa shape index (κ1) is 19.6. The lowest BCUT2D eigenvalue weighted by Gasteiger charge is -2.03. The van der Waals surface area contributed by atoms with Crippen LogP contribution in [0.5, 0.6) is 0 Å². The Morgan fingerprint density at radius 1 is 1.13 bits per heavy atom. The van der Waals surface area contributed by atoms with E-state index in [9.17, 15) is 9.59 Å². The van der Waals surface area contributed by atoms with Crippen LogP contribution in [0.3, 0.4) is 0 Å². The Bertz CT molecular complexity index is 1120. The van der Waals surface area contributed by atoms with Gasteiger partial charge < -0.3 is 15.1 Å². The lowest BCUT2D eigenvalue weighted by molar-refractivity contribution is -0.122. The minimum absolute atomic E-state index is 0.0393. The zero-order chi connectivity index (χ0) is 20.8. The number of amides is 2. The Kier molecular flexibility index (Phi) is 6.00. The van der Waals surface area contributed by atoms with Gasteiger partial charge in [-0.15, -0.1) is 11.3 Å². The van der Waals surface area contributed by atoms with Gasteiger partial charge in [0, 0.05) is 18.0 Å². The molecular formula is C21H19N5O3S. The van der Waals surface area contributed by atoms with Gasteiger partial charge in [-0.1, -0.05) is 30.3 Å². The fourth-order valence-corrected chi connectivity index (χ4v) is 3.62. The summed E-state index contributed by atoms with van der Waals surface area (Å²) in [6.45, 7) is 0.394. The number of anilines is 1. The monoisotopic (exact) mass is 421 g/mol. The normalized spacial score (nSPS) is 10.7. The number of benzene rings is 1. The Morgan fingerprint density at radius 3 is 2.80 bits per heavy atom. The maximum Gasteiger partial charge on any atom is 0.291 e. The quantitative estimate of drug-likeness (QED) is 0.455. The molecule has 2 N–H and O–H groups in total. The van der Waals surface area contributed by atoms with Crippen molar-refractivity contribution in [2.75, 3.05) is 5.32 Å². The molecule has 2 amide bonds. The van der Waals surface area contributed by atoms with Gasteiger partial charge in [0.15, 0.2) is 5.76 Å². The molecule has 0 fully saturated rings. The summed E-state index contributed by atoms with van der Waals surface area (Å²) in [5.74, 6) is -0.367. The zero-order valence-corrected chi connectivity index (χ0v) is 16.8. The van der Waals surface area contributed by atoms with Crippen molar-refractivity contribution in [1.29, 1.82) is 0 Å². The average Bonchev–Trinajstić information content (AvgIpc) is 3.50. The first-order chi connectivity index (χ1) is 14.7. The third-order valence-electron chi connectivity index (χ3n) is 4.21. The van der Waals surface area contributed by atoms with Gasteiger partial charge in [-0.25, -0.2) is 4.98 Å². The molecule has 0 aliphatic heterocycles. The Labute approximate surface area is 176 Å². The van der Waals surface area contributed by atoms with E-state index in [-0.39, 0.29) is 24.1 Å². The van der Waals surface area contributed by atoms with Gasteiger partial charge in [-0.3, -0.25) is 14.3 Å². The Balaban J connectivity index is 1.24. The molecule has 0 bridgehead atoms. The minimum Gasteiger partial charge on any atom is -0.459 e. The van der Waals surface area contributed by atoms with E-state index in [0.29, 0.717) is 12.2 Å². The third kappa shape index (κ3) is 5.21. The average molecular weight is 421 g/mol. The van der Waals surface area contributed by atoms with Crippen molar-refractivity contribution in [2.45, 2.75) is 19.5 Å². The van der Waals surface area contributed by atoms with Crippen molar-refractivity contribution in [3.05, 3.63) is 88.5 Å². The number of carbonyl (C=O) groups excluding carboxylic acids is 2. The van der Waals surface area contributed by atoms with Gasteiger partial charge >= 0.3 is 0 Å². The molecule has 30 heavy (non-hydrogen) atoms. The molecule has 3 aromatic heterocycles. The molecule has 0 unspecified atom stereocenters. The number of thiazole rings is 1. The zero-order valence-electron chi connectivity index (χ0n) is 15.9. The summed E-state index contributed by atoms with van der Waals surface area (Å²) in [7, 11) is 0. The first-order valence-corrected chi connectivity index (χ1v) is 10.1. The molecule has 0 radical (unpaired) electrons. The smallest absolute Gasteiger partial charge is 0.291 e. The van der Waals surface area contributed by atoms with Crippen LogP contribution in [0.25, 0.3) is 0 Å². The number of furan rings is 1. The molecule has 0 atom stereocenters. The van der Waals surface area contributed by atoms with Crippen molar-refractivity contribution in [3.8, 4) is 0 Å². The number of nitrogens with one attached hydrogen (secondary N) is 2. The number of carbonyl (C=O) groups is 2. The molecule has 1 aromatic carbocycles. The van der Waals surface area contributed by atoms with E-state index in [4.69, 9.17) is 4.42 Å². The predicted molar refractivity (Wildman–Crippen MR) is 112 cm³/mol. The highest BCUT2D eigenvalue weighted by Crippen LogP contribution is 2.15. The van der Waals surface area contributed by atoms with E-state index in [0.717, 1.165) is 17.1 Å². The number of rotatable bonds is 8. The van der Waals surface area contributed by atoms with Gasteiger partial charge in [-0.05, 0) is 17.7 Å². The van der Waals surface area contributed by atoms with Crippen molar-refractivity contribution >= 4 is 28.8 Å². The van der Waals surface area contributed by atoms with Crippen LogP contribution in [0.15, 0.2) is 70.9 Å². The molecule has 3 heterocycles. The van der Waals surface area contributed by atoms with E-state index < -0.39 is 0 Å². The van der Waals surface area contributed by atoms with Gasteiger partial charge in [0.25, 0.3) is 5.91 Å². The number of nitrogens with zero attached hydrogens (tertiary/aromatic N) is 3. The maximum absolute atomic E-state index is 12.2. The van der Waals surface area contributed by atoms with E-state index in [1.54, 1.807) is 29.7 Å². The van der Waals surface area contributed by atoms with Crippen molar-refractivity contribution in [3.63, 3.8) is 0 Å². The second kappa shape index (κ2) is 9.19. The van der Waals surface area contributed by atoms with Crippen LogP contribution in [0, 0.1) is 0 Å². The van der Waals surface area contributed by atoms with Crippen LogP contribution in [-0.2, 0) is 24.3 Å². The molecule has 4 rings (SSSR count). The second-order valence-corrected chi connectivity index (χ2v) is 7.47. The standard InChI is InChI=1S/C21H19N5O3S/c27-19(13-26-12-16(11-23-26)25-21(28)18-7-4-8-29-18)22-10-17-14-30-20(24-17)9-15-5-2-1-3-6-15/h1-8,11-12,14H,9-10,13H2,(H,22,27)(H,25,28). The molecule has 0 aliphatic rings. The number of hydrogen-bond donors (Lipinski definition) is 2. The largest absolute Gasteiger partial charge is 0.459 e. The number of hydrogen-bond acceptors (Lipinski definition) is 6. The van der Waals surface area contributed by atoms with Crippen molar-refractivity contribution in [1.82, 2.24) is 20.1 Å². The molecule has 0 spiro atoms. The lowest BCUT2D eigenvalue weighted by Crippen LogP contribution is -2.27. The highest BCUT2D eigenvalue weighted by atomic mass is 32.1. The predicted octanol–water partition coefficient (Wildman–Crippen LogP) is 3.09. The molecule has 8 nitrogen and oxygen atoms in total. The fraction of sp³-hybridized carbons (Fsp3) is 0.143. The summed E-state index contributed by atoms with van der Waals surface area (Å²) < 4.78 is 6.49. The van der Waals surface area contributed by atoms with Crippen molar-refractivity contribution < 1.29 is 14.0 Å². The van der Waals surface area contributed by atoms with E-state index in [1.165, 1.54) is 22.7 Å². The summed E-state index contributed by atoms with van der Waals surface area (Å²) in [6, 6.07) is 13.3. The van der Waals surface area contributed by atoms with Crippen LogP contribution in [0.1, 0.15) is 26.8 Å². The van der Waals surface area contributed by atoms with Crippen LogP contribution in [0.4, 0.5) is 5.69 Å². The Morgan fingerprint density at radius 2 is 2.00 bits per heavy atom. The summed E-state index contributed by atoms with van der Waals surface area (Å²) in [5, 5.41) is 12.6. The summed E-state index contributed by atoms with van der Waals surface area (Å²) >= 11 is 1.58. The molecule has 0 saturated carbocycles. The molecule has 152 valence electrons. The summed E-state index contributed by atoms with van der Waals surface area (Å²) in [5.41, 5.74) is 2.51. The summed E-state index contributed by atoms with van der Waals surface area (Å²) in [6.07, 6.45) is 5.26. The fourth-order valence-electron chi connectivity index (χ4n) is 2.79. The van der Waals surface area contributed by atoms with Crippen LogP contribution >= 0.6 is 11.3 Å².